The standard InChI is InChI=1S/C15H17NO5/c17-14(12-7-3-4-8-20-12)16-9-13(15(18)19)21-11-6-2-1-5-10(11)16/h1-2,5-6,12-13H,3-4,7-9H2,(H,18,19). The van der Waals surface area contributed by atoms with Crippen molar-refractivity contribution in [2.45, 2.75) is 31.5 Å². The topological polar surface area (TPSA) is 76.1 Å². The first-order chi connectivity index (χ1) is 10.2. The van der Waals surface area contributed by atoms with Gasteiger partial charge in [0.2, 0.25) is 6.10 Å². The van der Waals surface area contributed by atoms with Gasteiger partial charge in [0.1, 0.15) is 11.9 Å². The predicted octanol–water partition coefficient (Wildman–Crippen LogP) is 1.43. The van der Waals surface area contributed by atoms with Gasteiger partial charge in [0.25, 0.3) is 5.91 Å². The molecule has 1 aromatic carbocycles. The van der Waals surface area contributed by atoms with Crippen molar-refractivity contribution in [1.29, 1.82) is 0 Å². The fourth-order valence-electron chi connectivity index (χ4n) is 2.68. The number of para-hydroxylation sites is 2. The molecule has 0 bridgehead atoms. The monoisotopic (exact) mass is 291 g/mol. The number of aliphatic carboxylic acids is 1. The molecule has 6 heteroatoms. The number of hydrogen-bond acceptors (Lipinski definition) is 4. The summed E-state index contributed by atoms with van der Waals surface area (Å²) in [6.45, 7) is 0.579. The lowest BCUT2D eigenvalue weighted by atomic mass is 10.1. The highest BCUT2D eigenvalue weighted by Crippen LogP contribution is 2.34. The summed E-state index contributed by atoms with van der Waals surface area (Å²) in [6.07, 6.45) is 1.05. The van der Waals surface area contributed by atoms with E-state index in [0.29, 0.717) is 24.5 Å². The van der Waals surface area contributed by atoms with Crippen LogP contribution in [0.3, 0.4) is 0 Å². The number of fused-ring (bicyclic) bond motifs is 1. The van der Waals surface area contributed by atoms with Crippen molar-refractivity contribution in [2.75, 3.05) is 18.1 Å². The molecule has 0 spiro atoms. The summed E-state index contributed by atoms with van der Waals surface area (Å²) in [6, 6.07) is 6.98. The Labute approximate surface area is 122 Å². The highest BCUT2D eigenvalue weighted by molar-refractivity contribution is 5.99. The number of amides is 1. The molecule has 1 amide bonds. The molecular weight excluding hydrogens is 274 g/mol. The Morgan fingerprint density at radius 2 is 2.00 bits per heavy atom. The van der Waals surface area contributed by atoms with Crippen LogP contribution >= 0.6 is 0 Å². The van der Waals surface area contributed by atoms with Gasteiger partial charge in [0.15, 0.2) is 0 Å². The molecule has 0 aliphatic carbocycles. The quantitative estimate of drug-likeness (QED) is 0.892. The lowest BCUT2D eigenvalue weighted by Gasteiger charge is -2.35. The second kappa shape index (κ2) is 5.73. The van der Waals surface area contributed by atoms with Crippen LogP contribution in [0.25, 0.3) is 0 Å². The Bertz CT molecular complexity index is 553. The molecule has 2 unspecified atom stereocenters. The van der Waals surface area contributed by atoms with Crippen molar-refractivity contribution in [3.8, 4) is 5.75 Å². The average Bonchev–Trinajstić information content (AvgIpc) is 2.54. The molecule has 112 valence electrons. The second-order valence-corrected chi connectivity index (χ2v) is 5.22. The Morgan fingerprint density at radius 3 is 2.71 bits per heavy atom. The van der Waals surface area contributed by atoms with E-state index in [1.165, 1.54) is 4.90 Å². The zero-order valence-corrected chi connectivity index (χ0v) is 11.5. The first-order valence-corrected chi connectivity index (χ1v) is 7.08. The van der Waals surface area contributed by atoms with Gasteiger partial charge >= 0.3 is 5.97 Å². The first kappa shape index (κ1) is 13.9. The summed E-state index contributed by atoms with van der Waals surface area (Å²) in [5.41, 5.74) is 0.606. The summed E-state index contributed by atoms with van der Waals surface area (Å²) in [7, 11) is 0. The van der Waals surface area contributed by atoms with Crippen molar-refractivity contribution < 1.29 is 24.2 Å². The van der Waals surface area contributed by atoms with Gasteiger partial charge in [-0.25, -0.2) is 4.79 Å². The van der Waals surface area contributed by atoms with Gasteiger partial charge < -0.3 is 19.5 Å². The number of rotatable bonds is 2. The van der Waals surface area contributed by atoms with E-state index in [-0.39, 0.29) is 12.5 Å². The van der Waals surface area contributed by atoms with Gasteiger partial charge in [0.05, 0.1) is 12.2 Å². The minimum absolute atomic E-state index is 0.00500. The highest BCUT2D eigenvalue weighted by atomic mass is 16.5. The number of carboxylic acids is 1. The van der Waals surface area contributed by atoms with Gasteiger partial charge in [-0.1, -0.05) is 12.1 Å². The van der Waals surface area contributed by atoms with Gasteiger partial charge in [-0.05, 0) is 31.4 Å². The van der Waals surface area contributed by atoms with E-state index in [0.717, 1.165) is 12.8 Å². The lowest BCUT2D eigenvalue weighted by Crippen LogP contribution is -2.51. The maximum absolute atomic E-state index is 12.6. The third kappa shape index (κ3) is 2.71. The van der Waals surface area contributed by atoms with Crippen molar-refractivity contribution in [3.63, 3.8) is 0 Å². The summed E-state index contributed by atoms with van der Waals surface area (Å²) in [5.74, 6) is -0.844. The van der Waals surface area contributed by atoms with Crippen LogP contribution in [0.4, 0.5) is 5.69 Å². The SMILES string of the molecule is O=C(O)C1CN(C(=O)C2CCCCO2)c2ccccc2O1. The van der Waals surface area contributed by atoms with Crippen LogP contribution in [-0.2, 0) is 14.3 Å². The largest absolute Gasteiger partial charge is 0.478 e. The molecule has 2 aliphatic rings. The van der Waals surface area contributed by atoms with Gasteiger partial charge in [-0.15, -0.1) is 0 Å². The molecule has 0 radical (unpaired) electrons. The fraction of sp³-hybridized carbons (Fsp3) is 0.467. The summed E-state index contributed by atoms with van der Waals surface area (Å²) in [4.78, 5) is 25.3. The van der Waals surface area contributed by atoms with Crippen molar-refractivity contribution in [2.24, 2.45) is 0 Å². The summed E-state index contributed by atoms with van der Waals surface area (Å²) >= 11 is 0. The van der Waals surface area contributed by atoms with E-state index < -0.39 is 18.2 Å². The Balaban J connectivity index is 1.88. The van der Waals surface area contributed by atoms with Crippen LogP contribution < -0.4 is 9.64 Å². The van der Waals surface area contributed by atoms with Gasteiger partial charge in [-0.2, -0.15) is 0 Å². The molecule has 1 fully saturated rings. The van der Waals surface area contributed by atoms with Gasteiger partial charge in [-0.3, -0.25) is 4.79 Å². The molecule has 1 saturated heterocycles. The Kier molecular flexibility index (Phi) is 3.79. The minimum atomic E-state index is -1.08. The van der Waals surface area contributed by atoms with E-state index >= 15 is 0 Å². The number of hydrogen-bond donors (Lipinski definition) is 1. The number of carbonyl (C=O) groups excluding carboxylic acids is 1. The predicted molar refractivity (Wildman–Crippen MR) is 74.4 cm³/mol. The number of benzene rings is 1. The molecule has 1 N–H and O–H groups in total. The number of carboxylic acid groups (broad SMARTS) is 1. The highest BCUT2D eigenvalue weighted by Gasteiger charge is 2.37. The van der Waals surface area contributed by atoms with E-state index in [9.17, 15) is 14.7 Å². The third-order valence-electron chi connectivity index (χ3n) is 3.77. The number of nitrogens with zero attached hydrogens (tertiary/aromatic N) is 1. The molecule has 2 atom stereocenters. The Hall–Kier alpha value is -2.08. The molecule has 1 aromatic rings. The fourth-order valence-corrected chi connectivity index (χ4v) is 2.68. The molecular formula is C15H17NO5. The van der Waals surface area contributed by atoms with Crippen molar-refractivity contribution in [3.05, 3.63) is 24.3 Å². The minimum Gasteiger partial charge on any atom is -0.478 e. The van der Waals surface area contributed by atoms with E-state index in [1.54, 1.807) is 24.3 Å². The summed E-state index contributed by atoms with van der Waals surface area (Å²) < 4.78 is 11.0. The van der Waals surface area contributed by atoms with Crippen LogP contribution in [0.1, 0.15) is 19.3 Å². The van der Waals surface area contributed by atoms with Crippen LogP contribution in [0, 0.1) is 0 Å². The van der Waals surface area contributed by atoms with E-state index in [1.807, 2.05) is 0 Å². The zero-order chi connectivity index (χ0) is 14.8. The molecule has 2 heterocycles. The summed E-state index contributed by atoms with van der Waals surface area (Å²) in [5, 5.41) is 9.18. The maximum Gasteiger partial charge on any atom is 0.346 e. The lowest BCUT2D eigenvalue weighted by molar-refractivity contribution is -0.145. The van der Waals surface area contributed by atoms with Crippen LogP contribution in [-0.4, -0.2) is 42.3 Å². The van der Waals surface area contributed by atoms with Gasteiger partial charge in [0, 0.05) is 6.61 Å². The average molecular weight is 291 g/mol. The Morgan fingerprint density at radius 1 is 1.19 bits per heavy atom. The maximum atomic E-state index is 12.6. The molecule has 6 nitrogen and oxygen atoms in total. The number of anilines is 1. The van der Waals surface area contributed by atoms with Crippen molar-refractivity contribution in [1.82, 2.24) is 0 Å². The molecule has 3 rings (SSSR count). The molecule has 2 aliphatic heterocycles. The third-order valence-corrected chi connectivity index (χ3v) is 3.77. The smallest absolute Gasteiger partial charge is 0.346 e. The second-order valence-electron chi connectivity index (χ2n) is 5.22. The van der Waals surface area contributed by atoms with E-state index in [2.05, 4.69) is 0 Å². The molecule has 21 heavy (non-hydrogen) atoms. The van der Waals surface area contributed by atoms with Crippen LogP contribution in [0.2, 0.25) is 0 Å². The number of ether oxygens (including phenoxy) is 2. The normalized spacial score (nSPS) is 24.9. The van der Waals surface area contributed by atoms with Crippen LogP contribution in [0.15, 0.2) is 24.3 Å². The van der Waals surface area contributed by atoms with Crippen molar-refractivity contribution >= 4 is 17.6 Å². The first-order valence-electron chi connectivity index (χ1n) is 7.08. The molecule has 0 saturated carbocycles. The number of carbonyl (C=O) groups is 2. The molecule has 0 aromatic heterocycles. The zero-order valence-electron chi connectivity index (χ0n) is 11.5. The van der Waals surface area contributed by atoms with Crippen LogP contribution in [0.5, 0.6) is 5.75 Å². The van der Waals surface area contributed by atoms with E-state index in [4.69, 9.17) is 9.47 Å².